The van der Waals surface area contributed by atoms with Crippen LogP contribution >= 0.6 is 23.2 Å². The Bertz CT molecular complexity index is 345. The lowest BCUT2D eigenvalue weighted by atomic mass is 10.2. The minimum atomic E-state index is -0.131. The summed E-state index contributed by atoms with van der Waals surface area (Å²) in [6.45, 7) is 2.25. The lowest BCUT2D eigenvalue weighted by Gasteiger charge is -2.14. The van der Waals surface area contributed by atoms with E-state index in [-0.39, 0.29) is 10.8 Å². The first kappa shape index (κ1) is 13.6. The molecule has 90 valence electrons. The lowest BCUT2D eigenvalue weighted by molar-refractivity contribution is -0.671. The van der Waals surface area contributed by atoms with Crippen LogP contribution in [0.4, 0.5) is 0 Å². The third-order valence-corrected chi connectivity index (χ3v) is 2.71. The number of quaternary nitrogens is 1. The second-order valence-electron chi connectivity index (χ2n) is 3.50. The second-order valence-corrected chi connectivity index (χ2v) is 4.35. The zero-order valence-electron chi connectivity index (χ0n) is 9.13. The quantitative estimate of drug-likeness (QED) is 0.784. The van der Waals surface area contributed by atoms with E-state index in [1.807, 2.05) is 5.32 Å². The third-order valence-electron chi connectivity index (χ3n) is 2.21. The summed E-state index contributed by atoms with van der Waals surface area (Å²) in [5.74, 6) is -0.131. The largest absolute Gasteiger partial charge is 0.871 e. The predicted molar refractivity (Wildman–Crippen MR) is 62.9 cm³/mol. The summed E-state index contributed by atoms with van der Waals surface area (Å²) in [6, 6.07) is 3.14. The Morgan fingerprint density at radius 1 is 1.38 bits per heavy atom. The van der Waals surface area contributed by atoms with Crippen molar-refractivity contribution in [2.45, 2.75) is 13.0 Å². The molecule has 0 heterocycles. The van der Waals surface area contributed by atoms with Gasteiger partial charge in [0.25, 0.3) is 0 Å². The second kappa shape index (κ2) is 6.97. The molecule has 0 amide bonds. The lowest BCUT2D eigenvalue weighted by Crippen LogP contribution is -2.82. The highest BCUT2D eigenvalue weighted by Crippen LogP contribution is 2.28. The Labute approximate surface area is 105 Å². The number of benzene rings is 1. The normalized spacial score (nSPS) is 10.7. The standard InChI is InChI=1S/C11H15Cl2NO2/c1-16-4-2-3-14-7-8-5-9(12)6-10(13)11(8)15/h5-6,14-15H,2-4,7H2,1H3. The minimum absolute atomic E-state index is 0.131. The summed E-state index contributed by atoms with van der Waals surface area (Å²) in [7, 11) is 1.67. The smallest absolute Gasteiger partial charge is 0.101 e. The molecule has 1 aromatic rings. The van der Waals surface area contributed by atoms with E-state index in [1.165, 1.54) is 6.07 Å². The van der Waals surface area contributed by atoms with Gasteiger partial charge in [0.1, 0.15) is 6.54 Å². The monoisotopic (exact) mass is 263 g/mol. The molecule has 0 aliphatic rings. The molecule has 0 aromatic heterocycles. The molecular weight excluding hydrogens is 249 g/mol. The van der Waals surface area contributed by atoms with E-state index in [0.29, 0.717) is 17.1 Å². The van der Waals surface area contributed by atoms with Gasteiger partial charge in [-0.25, -0.2) is 0 Å². The van der Waals surface area contributed by atoms with Gasteiger partial charge in [0.15, 0.2) is 0 Å². The molecule has 1 rings (SSSR count). The molecule has 0 aliphatic heterocycles. The summed E-state index contributed by atoms with van der Waals surface area (Å²) < 4.78 is 4.93. The van der Waals surface area contributed by atoms with Crippen molar-refractivity contribution in [3.8, 4) is 5.75 Å². The molecule has 0 radical (unpaired) electrons. The van der Waals surface area contributed by atoms with E-state index in [1.54, 1.807) is 13.2 Å². The van der Waals surface area contributed by atoms with E-state index < -0.39 is 0 Å². The topological polar surface area (TPSA) is 48.9 Å². The number of nitrogens with two attached hydrogens (primary N) is 1. The highest BCUT2D eigenvalue weighted by molar-refractivity contribution is 6.35. The van der Waals surface area contributed by atoms with Gasteiger partial charge in [-0.05, 0) is 12.1 Å². The van der Waals surface area contributed by atoms with Crippen LogP contribution in [0.25, 0.3) is 0 Å². The Hall–Kier alpha value is -0.480. The Morgan fingerprint density at radius 2 is 2.12 bits per heavy atom. The van der Waals surface area contributed by atoms with E-state index in [9.17, 15) is 5.11 Å². The van der Waals surface area contributed by atoms with Gasteiger partial charge in [0.2, 0.25) is 0 Å². The Kier molecular flexibility index (Phi) is 5.91. The fraction of sp³-hybridized carbons (Fsp3) is 0.455. The fourth-order valence-corrected chi connectivity index (χ4v) is 1.93. The van der Waals surface area contributed by atoms with E-state index in [0.717, 1.165) is 19.6 Å². The summed E-state index contributed by atoms with van der Waals surface area (Å²) in [5, 5.41) is 14.3. The number of halogens is 2. The maximum absolute atomic E-state index is 11.6. The van der Waals surface area contributed by atoms with Crippen molar-refractivity contribution in [2.24, 2.45) is 0 Å². The van der Waals surface area contributed by atoms with Crippen LogP contribution in [0.2, 0.25) is 10.0 Å². The van der Waals surface area contributed by atoms with Gasteiger partial charge in [-0.1, -0.05) is 29.0 Å². The van der Waals surface area contributed by atoms with Crippen LogP contribution < -0.4 is 10.4 Å². The van der Waals surface area contributed by atoms with Crippen LogP contribution in [0.3, 0.4) is 0 Å². The summed E-state index contributed by atoms with van der Waals surface area (Å²) in [5.41, 5.74) is 0.648. The predicted octanol–water partition coefficient (Wildman–Crippen LogP) is 1.17. The van der Waals surface area contributed by atoms with Gasteiger partial charge in [0, 0.05) is 29.1 Å². The summed E-state index contributed by atoms with van der Waals surface area (Å²) in [4.78, 5) is 0. The molecule has 3 nitrogen and oxygen atoms in total. The number of hydrogen-bond acceptors (Lipinski definition) is 2. The molecule has 0 saturated carbocycles. The van der Waals surface area contributed by atoms with Gasteiger partial charge in [-0.3, -0.25) is 0 Å². The maximum Gasteiger partial charge on any atom is 0.101 e. The molecule has 0 atom stereocenters. The molecule has 0 aliphatic carbocycles. The zero-order chi connectivity index (χ0) is 12.0. The van der Waals surface area contributed by atoms with Crippen LogP contribution in [0, 0.1) is 0 Å². The van der Waals surface area contributed by atoms with Crippen molar-refractivity contribution in [3.05, 3.63) is 27.7 Å². The number of ether oxygens (including phenoxy) is 1. The average molecular weight is 264 g/mol. The van der Waals surface area contributed by atoms with Gasteiger partial charge < -0.3 is 15.2 Å². The summed E-state index contributed by atoms with van der Waals surface area (Å²) >= 11 is 11.6. The number of hydrogen-bond donors (Lipinski definition) is 1. The van der Waals surface area contributed by atoms with Crippen molar-refractivity contribution in [2.75, 3.05) is 20.3 Å². The van der Waals surface area contributed by atoms with Crippen molar-refractivity contribution in [3.63, 3.8) is 0 Å². The van der Waals surface area contributed by atoms with Gasteiger partial charge in [-0.2, -0.15) is 0 Å². The molecule has 2 N–H and O–H groups in total. The number of methoxy groups -OCH3 is 1. The summed E-state index contributed by atoms with van der Waals surface area (Å²) in [6.07, 6.45) is 0.957. The van der Waals surface area contributed by atoms with E-state index in [2.05, 4.69) is 0 Å². The van der Waals surface area contributed by atoms with Crippen molar-refractivity contribution in [1.82, 2.24) is 0 Å². The zero-order valence-corrected chi connectivity index (χ0v) is 10.6. The van der Waals surface area contributed by atoms with Gasteiger partial charge >= 0.3 is 0 Å². The van der Waals surface area contributed by atoms with Crippen molar-refractivity contribution >= 4 is 23.2 Å². The van der Waals surface area contributed by atoms with Crippen LogP contribution in [-0.4, -0.2) is 20.3 Å². The molecule has 0 saturated heterocycles. The van der Waals surface area contributed by atoms with Crippen LogP contribution in [0.1, 0.15) is 12.0 Å². The average Bonchev–Trinajstić information content (AvgIpc) is 2.24. The molecule has 0 fully saturated rings. The Morgan fingerprint density at radius 3 is 2.81 bits per heavy atom. The first-order chi connectivity index (χ1) is 7.65. The first-order valence-corrected chi connectivity index (χ1v) is 5.86. The van der Waals surface area contributed by atoms with E-state index in [4.69, 9.17) is 27.9 Å². The Balaban J connectivity index is 2.47. The molecule has 16 heavy (non-hydrogen) atoms. The van der Waals surface area contributed by atoms with E-state index >= 15 is 0 Å². The van der Waals surface area contributed by atoms with Crippen molar-refractivity contribution in [1.29, 1.82) is 0 Å². The minimum Gasteiger partial charge on any atom is -0.871 e. The first-order valence-electron chi connectivity index (χ1n) is 5.10. The fourth-order valence-electron chi connectivity index (χ4n) is 1.39. The van der Waals surface area contributed by atoms with Gasteiger partial charge in [0.05, 0.1) is 13.2 Å². The van der Waals surface area contributed by atoms with Crippen LogP contribution in [0.5, 0.6) is 5.75 Å². The van der Waals surface area contributed by atoms with Gasteiger partial charge in [-0.15, -0.1) is 0 Å². The van der Waals surface area contributed by atoms with Crippen LogP contribution in [0.15, 0.2) is 12.1 Å². The molecule has 0 bridgehead atoms. The molecule has 0 spiro atoms. The van der Waals surface area contributed by atoms with Crippen molar-refractivity contribution < 1.29 is 15.2 Å². The molecule has 5 heteroatoms. The highest BCUT2D eigenvalue weighted by atomic mass is 35.5. The van der Waals surface area contributed by atoms with Crippen LogP contribution in [-0.2, 0) is 11.3 Å². The number of rotatable bonds is 6. The molecule has 0 unspecified atom stereocenters. The molecular formula is C11H15Cl2NO2. The SMILES string of the molecule is COCCC[NH2+]Cc1cc(Cl)cc(Cl)c1[O-]. The highest BCUT2D eigenvalue weighted by Gasteiger charge is 2.02. The maximum atomic E-state index is 11.6. The molecule has 1 aromatic carbocycles. The third kappa shape index (κ3) is 4.18.